The van der Waals surface area contributed by atoms with Crippen LogP contribution in [0.5, 0.6) is 11.5 Å². The summed E-state index contributed by atoms with van der Waals surface area (Å²) in [6.07, 6.45) is 4.17. The van der Waals surface area contributed by atoms with Crippen LogP contribution in [0.2, 0.25) is 0 Å². The molecule has 9 aromatic rings. The number of aromatic nitrogens is 2. The van der Waals surface area contributed by atoms with E-state index in [2.05, 4.69) is 279 Å². The number of pyridine rings is 1. The van der Waals surface area contributed by atoms with E-state index in [4.69, 9.17) is 9.72 Å². The van der Waals surface area contributed by atoms with Crippen molar-refractivity contribution in [1.82, 2.24) is 9.55 Å². The van der Waals surface area contributed by atoms with Crippen LogP contribution in [0.25, 0.3) is 44.4 Å². The maximum absolute atomic E-state index is 7.13. The first-order valence-electron chi connectivity index (χ1n) is 24.5. The molecule has 0 spiro atoms. The van der Waals surface area contributed by atoms with Gasteiger partial charge in [0.25, 0.3) is 0 Å². The molecule has 10 rings (SSSR count). The normalized spacial score (nSPS) is 13.4. The Morgan fingerprint density at radius 3 is 1.79 bits per heavy atom. The standard InChI is InChI=1S/C65H63N4O.Pt/c1-62(2,3)48-31-32-66-60(38-48)69-57-30-22-21-29-55(57)61-56(64(7,8)9)40-54(41-58(61)69)70-53-34-46(44-23-15-12-16-24-44)33-52(39-53)68-43-67(42-59(68)45-25-17-13-18-26-45)51-36-49(63(4,5)6)35-50(37-51)65(10,11)47-27-19-14-20-28-47;/h12-38,40,42-43H,1-11H3;/q-3;. The van der Waals surface area contributed by atoms with Gasteiger partial charge in [0.05, 0.1) is 0 Å². The molecule has 0 bridgehead atoms. The first-order valence-corrected chi connectivity index (χ1v) is 24.5. The van der Waals surface area contributed by atoms with E-state index in [1.54, 1.807) is 0 Å². The van der Waals surface area contributed by atoms with Crippen molar-refractivity contribution in [3.05, 3.63) is 228 Å². The minimum absolute atomic E-state index is 0. The fourth-order valence-electron chi connectivity index (χ4n) is 9.65. The Morgan fingerprint density at radius 1 is 0.521 bits per heavy atom. The predicted octanol–water partition coefficient (Wildman–Crippen LogP) is 16.9. The van der Waals surface area contributed by atoms with Gasteiger partial charge in [-0.25, -0.2) is 4.98 Å². The van der Waals surface area contributed by atoms with E-state index in [1.165, 1.54) is 27.8 Å². The fraction of sp³-hybridized carbons (Fsp3) is 0.231. The van der Waals surface area contributed by atoms with Crippen LogP contribution in [0.3, 0.4) is 0 Å². The third kappa shape index (κ3) is 9.74. The van der Waals surface area contributed by atoms with Gasteiger partial charge in [0.2, 0.25) is 0 Å². The average molecular weight is 1110 g/mol. The number of fused-ring (bicyclic) bond motifs is 3. The van der Waals surface area contributed by atoms with Crippen molar-refractivity contribution in [1.29, 1.82) is 0 Å². The Morgan fingerprint density at radius 2 is 1.13 bits per heavy atom. The molecule has 0 radical (unpaired) electrons. The molecule has 0 atom stereocenters. The molecule has 1 aliphatic rings. The second kappa shape index (κ2) is 18.8. The summed E-state index contributed by atoms with van der Waals surface area (Å²) in [7, 11) is 0. The monoisotopic (exact) mass is 1110 g/mol. The van der Waals surface area contributed by atoms with Gasteiger partial charge >= 0.3 is 0 Å². The van der Waals surface area contributed by atoms with E-state index >= 15 is 0 Å². The van der Waals surface area contributed by atoms with Crippen molar-refractivity contribution in [2.45, 2.75) is 97.8 Å². The fourth-order valence-corrected chi connectivity index (χ4v) is 9.65. The number of benzene rings is 7. The number of hydrogen-bond donors (Lipinski definition) is 0. The molecule has 2 aromatic heterocycles. The number of rotatable bonds is 9. The van der Waals surface area contributed by atoms with Crippen LogP contribution in [-0.4, -0.2) is 9.55 Å². The van der Waals surface area contributed by atoms with Crippen molar-refractivity contribution in [2.75, 3.05) is 9.80 Å². The smallest absolute Gasteiger partial charge is 0.135 e. The van der Waals surface area contributed by atoms with Gasteiger partial charge < -0.3 is 19.1 Å². The van der Waals surface area contributed by atoms with Crippen LogP contribution < -0.4 is 14.5 Å². The maximum atomic E-state index is 7.13. The molecule has 1 aliphatic heterocycles. The van der Waals surface area contributed by atoms with Gasteiger partial charge in [-0.15, -0.1) is 53.8 Å². The summed E-state index contributed by atoms with van der Waals surface area (Å²) in [5, 5.41) is 2.31. The average Bonchev–Trinajstić information content (AvgIpc) is 3.94. The summed E-state index contributed by atoms with van der Waals surface area (Å²) in [6, 6.07) is 66.1. The van der Waals surface area contributed by atoms with Gasteiger partial charge in [0.1, 0.15) is 5.82 Å². The van der Waals surface area contributed by atoms with Gasteiger partial charge in [0, 0.05) is 61.1 Å². The number of nitrogens with zero attached hydrogens (tertiary/aromatic N) is 4. The van der Waals surface area contributed by atoms with E-state index in [0.29, 0.717) is 11.5 Å². The topological polar surface area (TPSA) is 33.5 Å². The van der Waals surface area contributed by atoms with E-state index in [9.17, 15) is 0 Å². The zero-order valence-electron chi connectivity index (χ0n) is 42.8. The minimum Gasteiger partial charge on any atom is -0.509 e. The van der Waals surface area contributed by atoms with Crippen molar-refractivity contribution >= 4 is 38.9 Å². The minimum atomic E-state index is -0.235. The van der Waals surface area contributed by atoms with Crippen LogP contribution >= 0.6 is 0 Å². The van der Waals surface area contributed by atoms with E-state index in [1.807, 2.05) is 6.20 Å². The molecule has 5 nitrogen and oxygen atoms in total. The third-order valence-electron chi connectivity index (χ3n) is 13.9. The third-order valence-corrected chi connectivity index (χ3v) is 13.9. The van der Waals surface area contributed by atoms with Crippen LogP contribution in [0.4, 0.5) is 11.4 Å². The van der Waals surface area contributed by atoms with Crippen molar-refractivity contribution in [2.24, 2.45) is 0 Å². The molecule has 0 N–H and O–H groups in total. The van der Waals surface area contributed by atoms with Crippen LogP contribution in [0.15, 0.2) is 176 Å². The van der Waals surface area contributed by atoms with Crippen LogP contribution in [-0.2, 0) is 42.7 Å². The number of hydrogen-bond acceptors (Lipinski definition) is 4. The summed E-state index contributed by atoms with van der Waals surface area (Å²) in [4.78, 5) is 9.50. The zero-order chi connectivity index (χ0) is 49.2. The second-order valence-corrected chi connectivity index (χ2v) is 22.4. The molecule has 0 saturated carbocycles. The molecule has 3 heterocycles. The van der Waals surface area contributed by atoms with Crippen LogP contribution in [0, 0.1) is 18.8 Å². The molecule has 0 fully saturated rings. The molecule has 0 saturated heterocycles. The van der Waals surface area contributed by atoms with E-state index in [-0.39, 0.29) is 42.7 Å². The molecule has 0 unspecified atom stereocenters. The van der Waals surface area contributed by atoms with E-state index < -0.39 is 0 Å². The van der Waals surface area contributed by atoms with Gasteiger partial charge in [0.15, 0.2) is 0 Å². The molecule has 0 amide bonds. The van der Waals surface area contributed by atoms with Crippen LogP contribution in [0.1, 0.15) is 110 Å². The Labute approximate surface area is 436 Å². The number of para-hydroxylation sites is 1. The first kappa shape index (κ1) is 49.3. The molecular weight excluding hydrogens is 1050 g/mol. The van der Waals surface area contributed by atoms with Gasteiger partial charge in [-0.05, 0) is 91.5 Å². The summed E-state index contributed by atoms with van der Waals surface area (Å²) in [5.41, 5.74) is 13.7. The Hall–Kier alpha value is -6.68. The summed E-state index contributed by atoms with van der Waals surface area (Å²) in [6.45, 7) is 27.3. The van der Waals surface area contributed by atoms with Gasteiger partial charge in [-0.3, -0.25) is 0 Å². The SMILES string of the molecule is CC(C)(C)c1cc(N2C=C(c3ccccc3)N(c3[c-]c(Oc4[c-]c5c(c(C(C)(C)C)c4)c4ccccc4n5-c4cc(C(C)(C)C)ccn4)cc(-c4ccccc4)c3)[CH-]2)cc(C(C)(C)c2ccccc2)c1.[Pt]. The largest absolute Gasteiger partial charge is 0.509 e. The summed E-state index contributed by atoms with van der Waals surface area (Å²) >= 11 is 0. The number of ether oxygens (including phenoxy) is 1. The molecule has 6 heteroatoms. The van der Waals surface area contributed by atoms with Gasteiger partial charge in [-0.2, -0.15) is 0 Å². The molecule has 362 valence electrons. The van der Waals surface area contributed by atoms with Crippen molar-refractivity contribution in [3.8, 4) is 28.4 Å². The molecule has 7 aromatic carbocycles. The quantitative estimate of drug-likeness (QED) is 0.135. The number of anilines is 2. The van der Waals surface area contributed by atoms with Crippen molar-refractivity contribution < 1.29 is 25.8 Å². The summed E-state index contributed by atoms with van der Waals surface area (Å²) < 4.78 is 9.39. The maximum Gasteiger partial charge on any atom is 0.135 e. The molecule has 0 aliphatic carbocycles. The first-order chi connectivity index (χ1) is 33.3. The Kier molecular flexibility index (Phi) is 13.1. The van der Waals surface area contributed by atoms with E-state index in [0.717, 1.165) is 61.4 Å². The Balaban J connectivity index is 0.00000624. The molecular formula is C65H63N4OPt-3. The van der Waals surface area contributed by atoms with Gasteiger partial charge in [-0.1, -0.05) is 202 Å². The van der Waals surface area contributed by atoms with Crippen molar-refractivity contribution in [3.63, 3.8) is 0 Å². The second-order valence-electron chi connectivity index (χ2n) is 22.4. The zero-order valence-corrected chi connectivity index (χ0v) is 45.1. The Bertz CT molecular complexity index is 3410. The summed E-state index contributed by atoms with van der Waals surface area (Å²) in [5.74, 6) is 2.05. The molecule has 71 heavy (non-hydrogen) atoms. The predicted molar refractivity (Wildman–Crippen MR) is 293 cm³/mol.